The van der Waals surface area contributed by atoms with Crippen LogP contribution in [0.25, 0.3) is 0 Å². The van der Waals surface area contributed by atoms with Crippen LogP contribution in [0, 0.1) is 24.1 Å². The first-order chi connectivity index (χ1) is 15.4. The minimum atomic E-state index is -0.485. The van der Waals surface area contributed by atoms with Gasteiger partial charge in [0.15, 0.2) is 0 Å². The largest absolute Gasteiger partial charge is 0.490 e. The summed E-state index contributed by atoms with van der Waals surface area (Å²) in [7, 11) is 0. The molecule has 0 spiro atoms. The zero-order valence-electron chi connectivity index (χ0n) is 19.1. The monoisotopic (exact) mass is 459 g/mol. The van der Waals surface area contributed by atoms with Gasteiger partial charge >= 0.3 is 0 Å². The average Bonchev–Trinajstić information content (AvgIpc) is 2.79. The summed E-state index contributed by atoms with van der Waals surface area (Å²) in [5.41, 5.74) is 0.910. The maximum absolute atomic E-state index is 13.6. The molecular formula is C25H31ClFN3O2. The van der Waals surface area contributed by atoms with E-state index in [2.05, 4.69) is 16.9 Å². The van der Waals surface area contributed by atoms with E-state index in [9.17, 15) is 9.18 Å². The third kappa shape index (κ3) is 8.32. The number of nitrogens with zero attached hydrogens (tertiary/aromatic N) is 2. The lowest BCUT2D eigenvalue weighted by atomic mass is 9.92. The van der Waals surface area contributed by atoms with Crippen LogP contribution in [0.5, 0.6) is 5.75 Å². The van der Waals surface area contributed by atoms with Gasteiger partial charge in [-0.3, -0.25) is 9.78 Å². The molecule has 2 aromatic rings. The molecule has 0 saturated heterocycles. The van der Waals surface area contributed by atoms with Crippen molar-refractivity contribution >= 4 is 17.5 Å². The Hall–Kier alpha value is -2.91. The summed E-state index contributed by atoms with van der Waals surface area (Å²) in [6.45, 7) is 10.8. The second-order valence-electron chi connectivity index (χ2n) is 7.02. The Labute approximate surface area is 195 Å². The van der Waals surface area contributed by atoms with Gasteiger partial charge < -0.3 is 10.1 Å². The third-order valence-electron chi connectivity index (χ3n) is 4.66. The summed E-state index contributed by atoms with van der Waals surface area (Å²) in [5, 5.41) is 12.2. The standard InChI is InChI=1S/C20H19ClFN3O2.C3H6.C2H6/c1-12-19(22)8-14(11-24-12)20(26)25-15-3-6-16(7-4-15)27-17-5-2-13(10-23)18(21)9-17;1-3-2;1-2/h2,5,8-9,11,15-16H,3-4,6-7H2,1H3,(H,25,26);3H,1H2,2H3;1-2H3. The van der Waals surface area contributed by atoms with Gasteiger partial charge in [0.05, 0.1) is 27.9 Å². The fraction of sp³-hybridized carbons (Fsp3) is 0.400. The molecule has 5 nitrogen and oxygen atoms in total. The van der Waals surface area contributed by atoms with Crippen molar-refractivity contribution in [2.45, 2.75) is 65.5 Å². The smallest absolute Gasteiger partial charge is 0.253 e. The molecule has 1 aromatic carbocycles. The summed E-state index contributed by atoms with van der Waals surface area (Å²) in [5.74, 6) is -0.168. The molecule has 32 heavy (non-hydrogen) atoms. The summed E-state index contributed by atoms with van der Waals surface area (Å²) in [6, 6.07) is 8.26. The molecule has 1 fully saturated rings. The SMILES string of the molecule is C=CC.CC.Cc1ncc(C(=O)NC2CCC(Oc3ccc(C#N)c(Cl)c3)CC2)cc1F. The highest BCUT2D eigenvalue weighted by Crippen LogP contribution is 2.27. The van der Waals surface area contributed by atoms with E-state index in [-0.39, 0.29) is 29.3 Å². The molecule has 0 aliphatic heterocycles. The van der Waals surface area contributed by atoms with E-state index in [1.54, 1.807) is 31.2 Å². The number of amides is 1. The molecule has 172 valence electrons. The van der Waals surface area contributed by atoms with Gasteiger partial charge in [0, 0.05) is 18.3 Å². The Bertz CT molecular complexity index is 935. The molecule has 1 amide bonds. The van der Waals surface area contributed by atoms with Crippen molar-refractivity contribution in [3.8, 4) is 11.8 Å². The van der Waals surface area contributed by atoms with Gasteiger partial charge in [-0.05, 0) is 57.7 Å². The maximum atomic E-state index is 13.6. The lowest BCUT2D eigenvalue weighted by Gasteiger charge is -2.29. The fourth-order valence-electron chi connectivity index (χ4n) is 3.08. The Morgan fingerprint density at radius 1 is 1.31 bits per heavy atom. The summed E-state index contributed by atoms with van der Waals surface area (Å²) < 4.78 is 19.5. The summed E-state index contributed by atoms with van der Waals surface area (Å²) >= 11 is 6.02. The maximum Gasteiger partial charge on any atom is 0.253 e. The third-order valence-corrected chi connectivity index (χ3v) is 4.97. The summed E-state index contributed by atoms with van der Waals surface area (Å²) in [6.07, 6.45) is 6.26. The van der Waals surface area contributed by atoms with E-state index in [1.165, 1.54) is 12.3 Å². The molecule has 7 heteroatoms. The number of aromatic nitrogens is 1. The number of carbonyl (C=O) groups is 1. The number of nitriles is 1. The number of halogens is 2. The van der Waals surface area contributed by atoms with Gasteiger partial charge in [-0.15, -0.1) is 6.58 Å². The molecule has 1 aromatic heterocycles. The highest BCUT2D eigenvalue weighted by Gasteiger charge is 2.24. The second kappa shape index (κ2) is 14.2. The topological polar surface area (TPSA) is 75.0 Å². The minimum Gasteiger partial charge on any atom is -0.490 e. The van der Waals surface area contributed by atoms with Crippen LogP contribution in [-0.4, -0.2) is 23.0 Å². The Morgan fingerprint density at radius 3 is 2.47 bits per heavy atom. The Morgan fingerprint density at radius 2 is 1.94 bits per heavy atom. The molecule has 0 atom stereocenters. The van der Waals surface area contributed by atoms with E-state index < -0.39 is 5.82 Å². The van der Waals surface area contributed by atoms with E-state index in [0.717, 1.165) is 25.7 Å². The number of aryl methyl sites for hydroxylation is 1. The van der Waals surface area contributed by atoms with E-state index >= 15 is 0 Å². The average molecular weight is 460 g/mol. The quantitative estimate of drug-likeness (QED) is 0.537. The van der Waals surface area contributed by atoms with Gasteiger partial charge in [0.1, 0.15) is 17.6 Å². The second-order valence-corrected chi connectivity index (χ2v) is 7.43. The normalized spacial score (nSPS) is 16.8. The van der Waals surface area contributed by atoms with Crippen molar-refractivity contribution in [1.82, 2.24) is 10.3 Å². The first kappa shape index (κ1) is 27.1. The molecule has 1 aliphatic carbocycles. The van der Waals surface area contributed by atoms with Crippen LogP contribution < -0.4 is 10.1 Å². The van der Waals surface area contributed by atoms with Crippen LogP contribution in [0.3, 0.4) is 0 Å². The zero-order valence-corrected chi connectivity index (χ0v) is 19.9. The molecule has 0 bridgehead atoms. The highest BCUT2D eigenvalue weighted by molar-refractivity contribution is 6.31. The van der Waals surface area contributed by atoms with Crippen LogP contribution in [0.15, 0.2) is 43.1 Å². The summed E-state index contributed by atoms with van der Waals surface area (Å²) in [4.78, 5) is 16.1. The first-order valence-corrected chi connectivity index (χ1v) is 11.1. The van der Waals surface area contributed by atoms with Gasteiger partial charge in [0.25, 0.3) is 5.91 Å². The van der Waals surface area contributed by atoms with E-state index in [4.69, 9.17) is 21.6 Å². The van der Waals surface area contributed by atoms with Crippen LogP contribution in [0.2, 0.25) is 5.02 Å². The predicted molar refractivity (Wildman–Crippen MR) is 126 cm³/mol. The number of hydrogen-bond donors (Lipinski definition) is 1. The van der Waals surface area contributed by atoms with Crippen LogP contribution in [0.4, 0.5) is 4.39 Å². The number of ether oxygens (including phenoxy) is 1. The number of rotatable bonds is 4. The number of pyridine rings is 1. The van der Waals surface area contributed by atoms with Gasteiger partial charge in [-0.25, -0.2) is 4.39 Å². The number of nitrogens with one attached hydrogen (secondary N) is 1. The molecule has 0 radical (unpaired) electrons. The zero-order chi connectivity index (χ0) is 24.1. The minimum absolute atomic E-state index is 0.0197. The Balaban J connectivity index is 0.000000944. The van der Waals surface area contributed by atoms with Crippen LogP contribution >= 0.6 is 11.6 Å². The van der Waals surface area contributed by atoms with Crippen LogP contribution in [0.1, 0.15) is 68.1 Å². The van der Waals surface area contributed by atoms with Crippen molar-refractivity contribution in [3.05, 3.63) is 70.8 Å². The number of hydrogen-bond acceptors (Lipinski definition) is 4. The lowest BCUT2D eigenvalue weighted by molar-refractivity contribution is 0.0893. The van der Waals surface area contributed by atoms with Crippen molar-refractivity contribution < 1.29 is 13.9 Å². The highest BCUT2D eigenvalue weighted by atomic mass is 35.5. The fourth-order valence-corrected chi connectivity index (χ4v) is 3.29. The van der Waals surface area contributed by atoms with E-state index in [0.29, 0.717) is 16.3 Å². The molecular weight excluding hydrogens is 429 g/mol. The van der Waals surface area contributed by atoms with Gasteiger partial charge in [-0.1, -0.05) is 31.5 Å². The number of benzene rings is 1. The molecule has 0 unspecified atom stereocenters. The van der Waals surface area contributed by atoms with Gasteiger partial charge in [0.2, 0.25) is 0 Å². The van der Waals surface area contributed by atoms with Crippen molar-refractivity contribution in [2.24, 2.45) is 0 Å². The first-order valence-electron chi connectivity index (χ1n) is 10.7. The molecule has 1 N–H and O–H groups in total. The Kier molecular flexibility index (Phi) is 12.0. The van der Waals surface area contributed by atoms with Crippen molar-refractivity contribution in [1.29, 1.82) is 5.26 Å². The molecule has 1 saturated carbocycles. The molecule has 3 rings (SSSR count). The number of allylic oxidation sites excluding steroid dienone is 1. The van der Waals surface area contributed by atoms with Crippen molar-refractivity contribution in [3.63, 3.8) is 0 Å². The predicted octanol–water partition coefficient (Wildman–Crippen LogP) is 6.39. The van der Waals surface area contributed by atoms with Crippen molar-refractivity contribution in [2.75, 3.05) is 0 Å². The molecule has 1 aliphatic rings. The van der Waals surface area contributed by atoms with Gasteiger partial charge in [-0.2, -0.15) is 5.26 Å². The van der Waals surface area contributed by atoms with E-state index in [1.807, 2.05) is 26.8 Å². The van der Waals surface area contributed by atoms with Crippen LogP contribution in [-0.2, 0) is 0 Å². The number of carbonyl (C=O) groups excluding carboxylic acids is 1. The lowest BCUT2D eigenvalue weighted by Crippen LogP contribution is -2.39. The molecule has 1 heterocycles.